The number of halogens is 2. The zero-order valence-electron chi connectivity index (χ0n) is 8.73. The highest BCUT2D eigenvalue weighted by molar-refractivity contribution is 9.10. The van der Waals surface area contributed by atoms with Crippen LogP contribution >= 0.6 is 27.5 Å². The van der Waals surface area contributed by atoms with Gasteiger partial charge in [-0.1, -0.05) is 27.5 Å². The number of ether oxygens (including phenoxy) is 1. The molecular weight excluding hydrogens is 305 g/mol. The van der Waals surface area contributed by atoms with Crippen LogP contribution in [0, 0.1) is 0 Å². The van der Waals surface area contributed by atoms with Gasteiger partial charge in [-0.05, 0) is 18.2 Å². The van der Waals surface area contributed by atoms with Crippen molar-refractivity contribution in [2.45, 2.75) is 6.61 Å². The average molecular weight is 315 g/mol. The van der Waals surface area contributed by atoms with Crippen molar-refractivity contribution in [2.75, 3.05) is 0 Å². The fraction of sp³-hybridized carbons (Fsp3) is 0.0833. The summed E-state index contributed by atoms with van der Waals surface area (Å²) in [6.45, 7) is -0.0945. The molecule has 0 amide bonds. The van der Waals surface area contributed by atoms with Gasteiger partial charge in [0, 0.05) is 22.3 Å². The van der Waals surface area contributed by atoms with Crippen LogP contribution in [0.2, 0.25) is 5.02 Å². The first-order valence-corrected chi connectivity index (χ1v) is 6.04. The maximum Gasteiger partial charge on any atom is 0.147 e. The Labute approximate surface area is 112 Å². The maximum absolute atomic E-state index is 9.23. The molecule has 0 aliphatic heterocycles. The Hall–Kier alpha value is -1.10. The molecule has 1 heterocycles. The highest BCUT2D eigenvalue weighted by Gasteiger charge is 2.05. The molecule has 0 unspecified atom stereocenters. The third kappa shape index (κ3) is 3.19. The molecular formula is C12H9BrClNO2. The van der Waals surface area contributed by atoms with E-state index in [1.807, 2.05) is 6.07 Å². The third-order valence-electron chi connectivity index (χ3n) is 2.10. The molecule has 0 atom stereocenters. The van der Waals surface area contributed by atoms with Gasteiger partial charge in [-0.25, -0.2) is 0 Å². The lowest BCUT2D eigenvalue weighted by atomic mass is 10.2. The van der Waals surface area contributed by atoms with Crippen molar-refractivity contribution in [1.29, 1.82) is 0 Å². The number of nitrogens with zero attached hydrogens (tertiary/aromatic N) is 1. The number of aromatic nitrogens is 1. The van der Waals surface area contributed by atoms with Crippen LogP contribution in [-0.2, 0) is 6.61 Å². The normalized spacial score (nSPS) is 10.3. The Balaban J connectivity index is 2.29. The molecule has 1 aromatic carbocycles. The minimum absolute atomic E-state index is 0.0945. The second kappa shape index (κ2) is 5.49. The van der Waals surface area contributed by atoms with Gasteiger partial charge in [0.25, 0.3) is 0 Å². The number of hydrogen-bond acceptors (Lipinski definition) is 3. The Kier molecular flexibility index (Phi) is 3.99. The molecule has 0 aliphatic carbocycles. The van der Waals surface area contributed by atoms with Crippen LogP contribution in [0.5, 0.6) is 11.5 Å². The van der Waals surface area contributed by atoms with Gasteiger partial charge < -0.3 is 9.84 Å². The maximum atomic E-state index is 9.23. The van der Waals surface area contributed by atoms with Crippen LogP contribution < -0.4 is 4.74 Å². The summed E-state index contributed by atoms with van der Waals surface area (Å²) in [6, 6.07) is 7.08. The van der Waals surface area contributed by atoms with E-state index in [-0.39, 0.29) is 6.61 Å². The van der Waals surface area contributed by atoms with Crippen molar-refractivity contribution in [1.82, 2.24) is 4.98 Å². The summed E-state index contributed by atoms with van der Waals surface area (Å²) in [6.07, 6.45) is 3.10. The summed E-state index contributed by atoms with van der Waals surface area (Å²) >= 11 is 9.14. The lowest BCUT2D eigenvalue weighted by molar-refractivity contribution is 0.276. The van der Waals surface area contributed by atoms with E-state index in [2.05, 4.69) is 20.9 Å². The first-order valence-electron chi connectivity index (χ1n) is 4.87. The van der Waals surface area contributed by atoms with Gasteiger partial charge >= 0.3 is 0 Å². The number of rotatable bonds is 3. The molecule has 0 saturated carbocycles. The molecule has 2 aromatic rings. The topological polar surface area (TPSA) is 42.4 Å². The fourth-order valence-corrected chi connectivity index (χ4v) is 1.92. The summed E-state index contributed by atoms with van der Waals surface area (Å²) in [7, 11) is 0. The molecule has 88 valence electrons. The largest absolute Gasteiger partial charge is 0.455 e. The Morgan fingerprint density at radius 1 is 1.29 bits per heavy atom. The molecule has 0 bridgehead atoms. The predicted octanol–water partition coefficient (Wildman–Crippen LogP) is 3.78. The first kappa shape index (κ1) is 12.4. The average Bonchev–Trinajstić information content (AvgIpc) is 2.31. The van der Waals surface area contributed by atoms with Gasteiger partial charge in [-0.2, -0.15) is 0 Å². The van der Waals surface area contributed by atoms with Crippen LogP contribution in [0.3, 0.4) is 0 Å². The first-order chi connectivity index (χ1) is 8.19. The van der Waals surface area contributed by atoms with Crippen molar-refractivity contribution in [3.63, 3.8) is 0 Å². The van der Waals surface area contributed by atoms with Crippen LogP contribution in [0.4, 0.5) is 0 Å². The number of benzene rings is 1. The molecule has 17 heavy (non-hydrogen) atoms. The van der Waals surface area contributed by atoms with Crippen LogP contribution in [0.25, 0.3) is 0 Å². The Bertz CT molecular complexity index is 534. The highest BCUT2D eigenvalue weighted by atomic mass is 79.9. The molecule has 0 aliphatic rings. The number of hydrogen-bond donors (Lipinski definition) is 1. The minimum Gasteiger partial charge on any atom is -0.455 e. The van der Waals surface area contributed by atoms with Gasteiger partial charge in [-0.3, -0.25) is 4.98 Å². The standard InChI is InChI=1S/C12H9BrClNO2/c13-9-1-2-12(8(3-9)7-16)17-11-4-10(14)5-15-6-11/h1-6,16H,7H2. The number of aliphatic hydroxyl groups is 1. The van der Waals surface area contributed by atoms with Crippen LogP contribution in [-0.4, -0.2) is 10.1 Å². The number of aliphatic hydroxyl groups excluding tert-OH is 1. The summed E-state index contributed by atoms with van der Waals surface area (Å²) in [5, 5.41) is 9.74. The van der Waals surface area contributed by atoms with Gasteiger partial charge in [0.05, 0.1) is 17.8 Å². The van der Waals surface area contributed by atoms with E-state index in [0.717, 1.165) is 4.47 Å². The SMILES string of the molecule is OCc1cc(Br)ccc1Oc1cncc(Cl)c1. The smallest absolute Gasteiger partial charge is 0.147 e. The van der Waals surface area contributed by atoms with Gasteiger partial charge in [0.15, 0.2) is 0 Å². The van der Waals surface area contributed by atoms with E-state index in [4.69, 9.17) is 16.3 Å². The van der Waals surface area contributed by atoms with E-state index >= 15 is 0 Å². The summed E-state index contributed by atoms with van der Waals surface area (Å²) in [5.74, 6) is 1.12. The summed E-state index contributed by atoms with van der Waals surface area (Å²) < 4.78 is 6.50. The van der Waals surface area contributed by atoms with E-state index < -0.39 is 0 Å². The van der Waals surface area contributed by atoms with Gasteiger partial charge in [0.2, 0.25) is 0 Å². The van der Waals surface area contributed by atoms with Crippen LogP contribution in [0.1, 0.15) is 5.56 Å². The van der Waals surface area contributed by atoms with Crippen molar-refractivity contribution in [2.24, 2.45) is 0 Å². The van der Waals surface area contributed by atoms with E-state index in [9.17, 15) is 5.11 Å². The minimum atomic E-state index is -0.0945. The summed E-state index contributed by atoms with van der Waals surface area (Å²) in [4.78, 5) is 3.92. The summed E-state index contributed by atoms with van der Waals surface area (Å²) in [5.41, 5.74) is 0.694. The molecule has 2 rings (SSSR count). The molecule has 0 radical (unpaired) electrons. The van der Waals surface area contributed by atoms with E-state index in [1.165, 1.54) is 6.20 Å². The van der Waals surface area contributed by atoms with Gasteiger partial charge in [0.1, 0.15) is 11.5 Å². The molecule has 5 heteroatoms. The molecule has 1 aromatic heterocycles. The molecule has 1 N–H and O–H groups in total. The van der Waals surface area contributed by atoms with Crippen molar-refractivity contribution < 1.29 is 9.84 Å². The second-order valence-corrected chi connectivity index (χ2v) is 4.70. The van der Waals surface area contributed by atoms with E-state index in [0.29, 0.717) is 22.1 Å². The zero-order valence-corrected chi connectivity index (χ0v) is 11.1. The molecule has 0 fully saturated rings. The predicted molar refractivity (Wildman–Crippen MR) is 69.4 cm³/mol. The molecule has 0 spiro atoms. The quantitative estimate of drug-likeness (QED) is 0.937. The van der Waals surface area contributed by atoms with Crippen molar-refractivity contribution in [3.05, 3.63) is 51.7 Å². The van der Waals surface area contributed by atoms with E-state index in [1.54, 1.807) is 24.4 Å². The monoisotopic (exact) mass is 313 g/mol. The number of pyridine rings is 1. The zero-order chi connectivity index (χ0) is 12.3. The highest BCUT2D eigenvalue weighted by Crippen LogP contribution is 2.28. The molecule has 3 nitrogen and oxygen atoms in total. The van der Waals surface area contributed by atoms with Crippen molar-refractivity contribution >= 4 is 27.5 Å². The second-order valence-electron chi connectivity index (χ2n) is 3.35. The Morgan fingerprint density at radius 3 is 2.82 bits per heavy atom. The Morgan fingerprint density at radius 2 is 2.12 bits per heavy atom. The van der Waals surface area contributed by atoms with Crippen LogP contribution in [0.15, 0.2) is 41.1 Å². The third-order valence-corrected chi connectivity index (χ3v) is 2.80. The lowest BCUT2D eigenvalue weighted by Crippen LogP contribution is -1.92. The van der Waals surface area contributed by atoms with Crippen molar-refractivity contribution in [3.8, 4) is 11.5 Å². The molecule has 0 saturated heterocycles. The lowest BCUT2D eigenvalue weighted by Gasteiger charge is -2.09. The fourth-order valence-electron chi connectivity index (χ4n) is 1.35. The van der Waals surface area contributed by atoms with Gasteiger partial charge in [-0.15, -0.1) is 0 Å².